The van der Waals surface area contributed by atoms with E-state index in [1.54, 1.807) is 0 Å². The fourth-order valence-corrected chi connectivity index (χ4v) is 1.94. The molecule has 3 atom stereocenters. The van der Waals surface area contributed by atoms with Crippen molar-refractivity contribution in [2.45, 2.75) is 40.2 Å². The molecule has 0 aromatic carbocycles. The van der Waals surface area contributed by atoms with Gasteiger partial charge in [0.2, 0.25) is 5.91 Å². The molecule has 0 aromatic rings. The van der Waals surface area contributed by atoms with Crippen molar-refractivity contribution in [1.29, 1.82) is 0 Å². The predicted octanol–water partition coefficient (Wildman–Crippen LogP) is 1.90. The van der Waals surface area contributed by atoms with Crippen molar-refractivity contribution in [2.24, 2.45) is 23.5 Å². The topological polar surface area (TPSA) is 46.3 Å². The van der Waals surface area contributed by atoms with Crippen LogP contribution in [0.1, 0.15) is 34.1 Å². The number of nitrogens with two attached hydrogens (primary N) is 1. The van der Waals surface area contributed by atoms with E-state index in [0.717, 1.165) is 19.5 Å². The van der Waals surface area contributed by atoms with Crippen LogP contribution in [0.25, 0.3) is 0 Å². The van der Waals surface area contributed by atoms with Gasteiger partial charge in [0.25, 0.3) is 0 Å². The Balaban J connectivity index is 0.00000225. The van der Waals surface area contributed by atoms with Gasteiger partial charge in [0.15, 0.2) is 0 Å². The first-order valence-corrected chi connectivity index (χ1v) is 5.97. The summed E-state index contributed by atoms with van der Waals surface area (Å²) in [4.78, 5) is 14.1. The number of carbonyl (C=O) groups excluding carboxylic acids is 1. The first kappa shape index (κ1) is 15.7. The van der Waals surface area contributed by atoms with Crippen molar-refractivity contribution in [2.75, 3.05) is 13.1 Å². The third-order valence-electron chi connectivity index (χ3n) is 3.67. The second-order valence-corrected chi connectivity index (χ2v) is 5.25. The van der Waals surface area contributed by atoms with E-state index in [9.17, 15) is 4.79 Å². The van der Waals surface area contributed by atoms with Gasteiger partial charge in [-0.2, -0.15) is 0 Å². The smallest absolute Gasteiger partial charge is 0.225 e. The van der Waals surface area contributed by atoms with Crippen LogP contribution in [0, 0.1) is 17.8 Å². The first-order valence-electron chi connectivity index (χ1n) is 5.97. The first-order chi connectivity index (χ1) is 6.93. The predicted molar refractivity (Wildman–Crippen MR) is 69.6 cm³/mol. The van der Waals surface area contributed by atoms with Crippen LogP contribution in [0.5, 0.6) is 0 Å². The molecule has 3 nitrogen and oxygen atoms in total. The normalized spacial score (nSPS) is 27.5. The molecule has 1 heterocycles. The van der Waals surface area contributed by atoms with Gasteiger partial charge < -0.3 is 10.6 Å². The van der Waals surface area contributed by atoms with Crippen molar-refractivity contribution < 1.29 is 4.79 Å². The summed E-state index contributed by atoms with van der Waals surface area (Å²) in [6, 6.07) is 0.267. The summed E-state index contributed by atoms with van der Waals surface area (Å²) in [5, 5.41) is 0. The summed E-state index contributed by atoms with van der Waals surface area (Å²) in [7, 11) is 0. The molecule has 0 bridgehead atoms. The molecule has 1 aliphatic rings. The van der Waals surface area contributed by atoms with Gasteiger partial charge in [-0.1, -0.05) is 27.7 Å². The van der Waals surface area contributed by atoms with E-state index in [-0.39, 0.29) is 24.4 Å². The summed E-state index contributed by atoms with van der Waals surface area (Å²) < 4.78 is 0. The quantitative estimate of drug-likeness (QED) is 0.811. The lowest BCUT2D eigenvalue weighted by Crippen LogP contribution is -2.50. The Morgan fingerprint density at radius 2 is 1.94 bits per heavy atom. The Morgan fingerprint density at radius 3 is 2.38 bits per heavy atom. The number of hydrogen-bond donors (Lipinski definition) is 1. The second kappa shape index (κ2) is 6.45. The average Bonchev–Trinajstić information content (AvgIpc) is 2.19. The molecule has 1 amide bonds. The fourth-order valence-electron chi connectivity index (χ4n) is 1.94. The monoisotopic (exact) mass is 248 g/mol. The fraction of sp³-hybridized carbons (Fsp3) is 0.917. The van der Waals surface area contributed by atoms with Gasteiger partial charge in [-0.3, -0.25) is 4.79 Å². The minimum absolute atomic E-state index is 0. The maximum absolute atomic E-state index is 12.1. The molecule has 1 fully saturated rings. The second-order valence-electron chi connectivity index (χ2n) is 5.25. The van der Waals surface area contributed by atoms with E-state index in [0.29, 0.717) is 17.7 Å². The minimum atomic E-state index is 0. The highest BCUT2D eigenvalue weighted by Crippen LogP contribution is 2.19. The van der Waals surface area contributed by atoms with Crippen LogP contribution < -0.4 is 5.73 Å². The van der Waals surface area contributed by atoms with Crippen LogP contribution in [-0.2, 0) is 4.79 Å². The number of piperidine rings is 1. The number of rotatable bonds is 2. The van der Waals surface area contributed by atoms with Gasteiger partial charge in [-0.25, -0.2) is 0 Å². The van der Waals surface area contributed by atoms with E-state index in [2.05, 4.69) is 20.8 Å². The van der Waals surface area contributed by atoms with Gasteiger partial charge in [0, 0.05) is 25.0 Å². The Morgan fingerprint density at radius 1 is 1.38 bits per heavy atom. The molecule has 0 saturated carbocycles. The highest BCUT2D eigenvalue weighted by atomic mass is 35.5. The molecule has 96 valence electrons. The highest BCUT2D eigenvalue weighted by molar-refractivity contribution is 5.85. The van der Waals surface area contributed by atoms with Gasteiger partial charge in [-0.05, 0) is 18.3 Å². The van der Waals surface area contributed by atoms with Gasteiger partial charge >= 0.3 is 0 Å². The summed E-state index contributed by atoms with van der Waals surface area (Å²) in [5.74, 6) is 1.28. The molecule has 16 heavy (non-hydrogen) atoms. The molecular formula is C12H25ClN2O. The van der Waals surface area contributed by atoms with Crippen molar-refractivity contribution >= 4 is 18.3 Å². The lowest BCUT2D eigenvalue weighted by atomic mass is 9.91. The maximum atomic E-state index is 12.1. The number of nitrogens with zero attached hydrogens (tertiary/aromatic N) is 1. The standard InChI is InChI=1S/C12H24N2O.ClH/c1-8(2)10(4)12(15)14-6-5-11(13)9(3)7-14;/h8-11H,5-7,13H2,1-4H3;1H. The lowest BCUT2D eigenvalue weighted by molar-refractivity contribution is -0.138. The zero-order chi connectivity index (χ0) is 11.6. The third kappa shape index (κ3) is 3.63. The van der Waals surface area contributed by atoms with Gasteiger partial charge in [0.05, 0.1) is 0 Å². The zero-order valence-corrected chi connectivity index (χ0v) is 11.6. The Bertz CT molecular complexity index is 233. The minimum Gasteiger partial charge on any atom is -0.342 e. The Hall–Kier alpha value is -0.280. The molecule has 3 unspecified atom stereocenters. The van der Waals surface area contributed by atoms with E-state index >= 15 is 0 Å². The van der Waals surface area contributed by atoms with Crippen LogP contribution >= 0.6 is 12.4 Å². The van der Waals surface area contributed by atoms with Crippen LogP contribution in [0.15, 0.2) is 0 Å². The number of amides is 1. The van der Waals surface area contributed by atoms with E-state index in [4.69, 9.17) is 5.73 Å². The van der Waals surface area contributed by atoms with Crippen LogP contribution in [0.2, 0.25) is 0 Å². The maximum Gasteiger partial charge on any atom is 0.225 e. The molecule has 1 rings (SSSR count). The number of halogens is 1. The van der Waals surface area contributed by atoms with Crippen LogP contribution in [-0.4, -0.2) is 29.9 Å². The van der Waals surface area contributed by atoms with Crippen LogP contribution in [0.4, 0.5) is 0 Å². The Kier molecular flexibility index (Phi) is 6.34. The number of likely N-dealkylation sites (tertiary alicyclic amines) is 1. The summed E-state index contributed by atoms with van der Waals surface area (Å²) >= 11 is 0. The molecule has 0 radical (unpaired) electrons. The molecular weight excluding hydrogens is 224 g/mol. The van der Waals surface area contributed by atoms with E-state index in [1.807, 2.05) is 11.8 Å². The highest BCUT2D eigenvalue weighted by Gasteiger charge is 2.29. The molecule has 0 spiro atoms. The number of carbonyl (C=O) groups is 1. The molecule has 4 heteroatoms. The molecule has 0 aliphatic carbocycles. The van der Waals surface area contributed by atoms with Crippen LogP contribution in [0.3, 0.4) is 0 Å². The molecule has 0 aromatic heterocycles. The molecule has 1 aliphatic heterocycles. The summed E-state index contributed by atoms with van der Waals surface area (Å²) in [6.07, 6.45) is 0.942. The van der Waals surface area contributed by atoms with Gasteiger partial charge in [-0.15, -0.1) is 12.4 Å². The van der Waals surface area contributed by atoms with Crippen molar-refractivity contribution in [3.8, 4) is 0 Å². The molecule has 1 saturated heterocycles. The van der Waals surface area contributed by atoms with E-state index < -0.39 is 0 Å². The van der Waals surface area contributed by atoms with E-state index in [1.165, 1.54) is 0 Å². The lowest BCUT2D eigenvalue weighted by Gasteiger charge is -2.37. The van der Waals surface area contributed by atoms with Crippen molar-refractivity contribution in [3.05, 3.63) is 0 Å². The summed E-state index contributed by atoms with van der Waals surface area (Å²) in [6.45, 7) is 10.0. The Labute approximate surface area is 105 Å². The largest absolute Gasteiger partial charge is 0.342 e. The van der Waals surface area contributed by atoms with Crippen molar-refractivity contribution in [1.82, 2.24) is 4.90 Å². The van der Waals surface area contributed by atoms with Gasteiger partial charge in [0.1, 0.15) is 0 Å². The zero-order valence-electron chi connectivity index (χ0n) is 10.8. The summed E-state index contributed by atoms with van der Waals surface area (Å²) in [5.41, 5.74) is 5.94. The van der Waals surface area contributed by atoms with Crippen molar-refractivity contribution in [3.63, 3.8) is 0 Å². The number of hydrogen-bond acceptors (Lipinski definition) is 2. The average molecular weight is 249 g/mol. The SMILES string of the molecule is CC(C)C(C)C(=O)N1CCC(N)C(C)C1.Cl. The molecule has 2 N–H and O–H groups in total. The third-order valence-corrected chi connectivity index (χ3v) is 3.67.